The van der Waals surface area contributed by atoms with Gasteiger partial charge in [0.25, 0.3) is 0 Å². The summed E-state index contributed by atoms with van der Waals surface area (Å²) in [6, 6.07) is 7.41. The molecule has 0 aromatic heterocycles. The van der Waals surface area contributed by atoms with Gasteiger partial charge in [0.05, 0.1) is 0 Å². The Morgan fingerprint density at radius 1 is 1.30 bits per heavy atom. The Morgan fingerprint density at radius 3 is 2.52 bits per heavy atom. The maximum atomic E-state index is 12.1. The van der Waals surface area contributed by atoms with Crippen LogP contribution in [0.3, 0.4) is 0 Å². The summed E-state index contributed by atoms with van der Waals surface area (Å²) in [4.78, 5) is 25.6. The third-order valence-electron chi connectivity index (χ3n) is 4.23. The number of thioether (sulfide) groups is 1. The molecule has 1 aromatic rings. The van der Waals surface area contributed by atoms with Gasteiger partial charge in [-0.15, -0.1) is 0 Å². The monoisotopic (exact) mass is 337 g/mol. The van der Waals surface area contributed by atoms with Crippen LogP contribution in [0.25, 0.3) is 0 Å². The first-order valence-electron chi connectivity index (χ1n) is 7.73. The lowest BCUT2D eigenvalue weighted by atomic mass is 9.90. The maximum absolute atomic E-state index is 12.1. The van der Waals surface area contributed by atoms with Crippen molar-refractivity contribution in [3.8, 4) is 5.75 Å². The molecule has 1 aromatic carbocycles. The SMILES string of the molecule is CSCCC(=O)N1CCC(Oc2ccccc2C)(C(=O)O)CC1. The van der Waals surface area contributed by atoms with Crippen LogP contribution in [0.5, 0.6) is 5.75 Å². The summed E-state index contributed by atoms with van der Waals surface area (Å²) in [5, 5.41) is 9.68. The van der Waals surface area contributed by atoms with Gasteiger partial charge in [-0.3, -0.25) is 4.79 Å². The van der Waals surface area contributed by atoms with E-state index in [9.17, 15) is 14.7 Å². The Labute approximate surface area is 141 Å². The summed E-state index contributed by atoms with van der Waals surface area (Å²) >= 11 is 1.64. The van der Waals surface area contributed by atoms with Crippen molar-refractivity contribution in [3.63, 3.8) is 0 Å². The minimum Gasteiger partial charge on any atom is -0.478 e. The van der Waals surface area contributed by atoms with Crippen molar-refractivity contribution in [1.29, 1.82) is 0 Å². The van der Waals surface area contributed by atoms with Gasteiger partial charge >= 0.3 is 5.97 Å². The van der Waals surface area contributed by atoms with Crippen molar-refractivity contribution < 1.29 is 19.4 Å². The number of hydrogen-bond acceptors (Lipinski definition) is 4. The average molecular weight is 337 g/mol. The Morgan fingerprint density at radius 2 is 1.96 bits per heavy atom. The normalized spacial score (nSPS) is 16.9. The predicted octanol–water partition coefficient (Wildman–Crippen LogP) is 2.57. The van der Waals surface area contributed by atoms with Crippen LogP contribution in [-0.4, -0.2) is 52.6 Å². The van der Waals surface area contributed by atoms with Gasteiger partial charge in [-0.1, -0.05) is 18.2 Å². The number of rotatable bonds is 6. The lowest BCUT2D eigenvalue weighted by Crippen LogP contribution is -2.54. The minimum atomic E-state index is -1.25. The number of amides is 1. The van der Waals surface area contributed by atoms with Crippen LogP contribution in [0.1, 0.15) is 24.8 Å². The molecule has 1 N–H and O–H groups in total. The Kier molecular flexibility index (Phi) is 5.93. The summed E-state index contributed by atoms with van der Waals surface area (Å²) in [5.41, 5.74) is -0.339. The number of aryl methyl sites for hydroxylation is 1. The predicted molar refractivity (Wildman–Crippen MR) is 91.0 cm³/mol. The van der Waals surface area contributed by atoms with Crippen LogP contribution in [0.2, 0.25) is 0 Å². The zero-order chi connectivity index (χ0) is 16.9. The van der Waals surface area contributed by atoms with E-state index in [2.05, 4.69) is 0 Å². The van der Waals surface area contributed by atoms with Crippen molar-refractivity contribution >= 4 is 23.6 Å². The molecule has 0 unspecified atom stereocenters. The molecule has 1 fully saturated rings. The highest BCUT2D eigenvalue weighted by Crippen LogP contribution is 2.31. The molecule has 6 heteroatoms. The topological polar surface area (TPSA) is 66.8 Å². The Hall–Kier alpha value is -1.69. The number of aliphatic carboxylic acids is 1. The molecule has 0 atom stereocenters. The Bertz CT molecular complexity index is 567. The van der Waals surface area contributed by atoms with E-state index < -0.39 is 11.6 Å². The number of ether oxygens (including phenoxy) is 1. The highest BCUT2D eigenvalue weighted by atomic mass is 32.2. The number of para-hydroxylation sites is 1. The quantitative estimate of drug-likeness (QED) is 0.864. The van der Waals surface area contributed by atoms with Gasteiger partial charge in [0.15, 0.2) is 0 Å². The molecular formula is C17H23NO4S. The first-order chi connectivity index (χ1) is 11.0. The van der Waals surface area contributed by atoms with Crippen LogP contribution < -0.4 is 4.74 Å². The van der Waals surface area contributed by atoms with E-state index in [1.807, 2.05) is 31.4 Å². The van der Waals surface area contributed by atoms with Gasteiger partial charge in [-0.05, 0) is 24.8 Å². The average Bonchev–Trinajstić information content (AvgIpc) is 2.55. The van der Waals surface area contributed by atoms with Gasteiger partial charge in [0.1, 0.15) is 5.75 Å². The van der Waals surface area contributed by atoms with E-state index in [1.165, 1.54) is 0 Å². The van der Waals surface area contributed by atoms with Gasteiger partial charge in [0.2, 0.25) is 11.5 Å². The van der Waals surface area contributed by atoms with Crippen LogP contribution in [0.15, 0.2) is 24.3 Å². The fraction of sp³-hybridized carbons (Fsp3) is 0.529. The van der Waals surface area contributed by atoms with Crippen molar-refractivity contribution in [2.24, 2.45) is 0 Å². The number of carbonyl (C=O) groups excluding carboxylic acids is 1. The van der Waals surface area contributed by atoms with E-state index in [4.69, 9.17) is 4.74 Å². The van der Waals surface area contributed by atoms with Crippen LogP contribution in [0.4, 0.5) is 0 Å². The molecule has 1 saturated heterocycles. The molecule has 1 amide bonds. The second kappa shape index (κ2) is 7.73. The van der Waals surface area contributed by atoms with Crippen molar-refractivity contribution in [1.82, 2.24) is 4.90 Å². The number of piperidine rings is 1. The molecular weight excluding hydrogens is 314 g/mol. The van der Waals surface area contributed by atoms with E-state index in [0.29, 0.717) is 38.1 Å². The van der Waals surface area contributed by atoms with E-state index in [1.54, 1.807) is 22.7 Å². The molecule has 0 saturated carbocycles. The molecule has 5 nitrogen and oxygen atoms in total. The summed E-state index contributed by atoms with van der Waals surface area (Å²) in [6.07, 6.45) is 3.08. The number of carbonyl (C=O) groups is 2. The number of benzene rings is 1. The molecule has 126 valence electrons. The van der Waals surface area contributed by atoms with E-state index >= 15 is 0 Å². The van der Waals surface area contributed by atoms with E-state index in [0.717, 1.165) is 11.3 Å². The summed E-state index contributed by atoms with van der Waals surface area (Å²) in [7, 11) is 0. The largest absolute Gasteiger partial charge is 0.478 e. The second-order valence-corrected chi connectivity index (χ2v) is 6.78. The van der Waals surface area contributed by atoms with Gasteiger partial charge < -0.3 is 14.7 Å². The standard InChI is InChI=1S/C17H23NO4S/c1-13-5-3-4-6-14(13)22-17(16(20)21)8-10-18(11-9-17)15(19)7-12-23-2/h3-6H,7-12H2,1-2H3,(H,20,21). The lowest BCUT2D eigenvalue weighted by Gasteiger charge is -2.39. The number of carboxylic acids is 1. The first-order valence-corrected chi connectivity index (χ1v) is 9.12. The molecule has 0 aliphatic carbocycles. The van der Waals surface area contributed by atoms with Gasteiger partial charge in [-0.2, -0.15) is 11.8 Å². The molecule has 1 heterocycles. The summed E-state index contributed by atoms with van der Waals surface area (Å²) in [5.74, 6) is 0.516. The molecule has 1 aliphatic heterocycles. The third kappa shape index (κ3) is 4.19. The van der Waals surface area contributed by atoms with Crippen molar-refractivity contribution in [2.75, 3.05) is 25.1 Å². The highest BCUT2D eigenvalue weighted by molar-refractivity contribution is 7.98. The van der Waals surface area contributed by atoms with E-state index in [-0.39, 0.29) is 5.91 Å². The molecule has 2 rings (SSSR count). The van der Waals surface area contributed by atoms with Gasteiger partial charge in [-0.25, -0.2) is 4.79 Å². The smallest absolute Gasteiger partial charge is 0.348 e. The zero-order valence-corrected chi connectivity index (χ0v) is 14.4. The van der Waals surface area contributed by atoms with Crippen LogP contribution >= 0.6 is 11.8 Å². The van der Waals surface area contributed by atoms with Crippen LogP contribution in [-0.2, 0) is 9.59 Å². The fourth-order valence-corrected chi connectivity index (χ4v) is 3.08. The molecule has 0 spiro atoms. The lowest BCUT2D eigenvalue weighted by molar-refractivity contribution is -0.161. The fourth-order valence-electron chi connectivity index (χ4n) is 2.71. The van der Waals surface area contributed by atoms with Crippen molar-refractivity contribution in [2.45, 2.75) is 31.8 Å². The molecule has 23 heavy (non-hydrogen) atoms. The second-order valence-electron chi connectivity index (χ2n) is 5.79. The number of carboxylic acid groups (broad SMARTS) is 1. The van der Waals surface area contributed by atoms with Gasteiger partial charge in [0, 0.05) is 38.1 Å². The Balaban J connectivity index is 2.06. The minimum absolute atomic E-state index is 0.0919. The summed E-state index contributed by atoms with van der Waals surface area (Å²) < 4.78 is 5.90. The number of likely N-dealkylation sites (tertiary alicyclic amines) is 1. The maximum Gasteiger partial charge on any atom is 0.348 e. The molecule has 1 aliphatic rings. The highest BCUT2D eigenvalue weighted by Gasteiger charge is 2.45. The number of nitrogens with zero attached hydrogens (tertiary/aromatic N) is 1. The van der Waals surface area contributed by atoms with Crippen molar-refractivity contribution in [3.05, 3.63) is 29.8 Å². The molecule has 0 bridgehead atoms. The first kappa shape index (κ1) is 17.7. The number of hydrogen-bond donors (Lipinski definition) is 1. The molecule has 0 radical (unpaired) electrons. The zero-order valence-electron chi connectivity index (χ0n) is 13.6. The third-order valence-corrected chi connectivity index (χ3v) is 4.84. The van der Waals surface area contributed by atoms with Crippen LogP contribution in [0, 0.1) is 6.92 Å². The summed E-state index contributed by atoms with van der Waals surface area (Å²) in [6.45, 7) is 2.74.